The van der Waals surface area contributed by atoms with Gasteiger partial charge in [-0.15, -0.1) is 0 Å². The van der Waals surface area contributed by atoms with Crippen LogP contribution in [0.4, 0.5) is 4.79 Å². The minimum Gasteiger partial charge on any atom is -0.378 e. The number of urea groups is 1. The topological polar surface area (TPSA) is 64.3 Å². The second-order valence-corrected chi connectivity index (χ2v) is 3.27. The first-order valence-electron chi connectivity index (χ1n) is 3.67. The fourth-order valence-corrected chi connectivity index (χ4v) is 1.45. The first-order valence-corrected chi connectivity index (χ1v) is 3.67. The molecule has 11 heavy (non-hydrogen) atoms. The fraction of sp³-hybridized carbons (Fsp3) is 0.857. The van der Waals surface area contributed by atoms with Crippen LogP contribution in [0, 0.1) is 0 Å². The Kier molecular flexibility index (Phi) is 2.04. The SMILES string of the molecule is COC1(C)CC(NC(N)=O)C1. The molecule has 0 spiro atoms. The molecule has 4 nitrogen and oxygen atoms in total. The number of carbonyl (C=O) groups is 1. The van der Waals surface area contributed by atoms with Crippen molar-refractivity contribution in [1.29, 1.82) is 0 Å². The van der Waals surface area contributed by atoms with Gasteiger partial charge in [0.15, 0.2) is 0 Å². The Bertz CT molecular complexity index is 164. The van der Waals surface area contributed by atoms with Crippen LogP contribution in [0.5, 0.6) is 0 Å². The standard InChI is InChI=1S/C7H14N2O2/c1-7(11-2)3-5(4-7)9-6(8)10/h5H,3-4H2,1-2H3,(H3,8,9,10). The van der Waals surface area contributed by atoms with Gasteiger partial charge >= 0.3 is 6.03 Å². The van der Waals surface area contributed by atoms with Gasteiger partial charge in [-0.3, -0.25) is 0 Å². The molecule has 0 bridgehead atoms. The molecule has 1 rings (SSSR count). The quantitative estimate of drug-likeness (QED) is 0.604. The number of hydrogen-bond acceptors (Lipinski definition) is 2. The van der Waals surface area contributed by atoms with Gasteiger partial charge < -0.3 is 15.8 Å². The molecule has 1 fully saturated rings. The Morgan fingerprint density at radius 3 is 2.64 bits per heavy atom. The molecule has 4 heteroatoms. The molecule has 0 aromatic heterocycles. The molecule has 0 heterocycles. The average molecular weight is 158 g/mol. The molecule has 64 valence electrons. The normalized spacial score (nSPS) is 36.0. The number of carbonyl (C=O) groups excluding carboxylic acids is 1. The number of ether oxygens (including phenoxy) is 1. The van der Waals surface area contributed by atoms with Gasteiger partial charge in [0.05, 0.1) is 5.60 Å². The maximum absolute atomic E-state index is 10.4. The number of primary amides is 1. The molecule has 0 saturated heterocycles. The lowest BCUT2D eigenvalue weighted by atomic mass is 9.77. The van der Waals surface area contributed by atoms with Crippen LogP contribution >= 0.6 is 0 Å². The highest BCUT2D eigenvalue weighted by Crippen LogP contribution is 2.34. The molecular weight excluding hydrogens is 144 g/mol. The van der Waals surface area contributed by atoms with Gasteiger partial charge in [-0.2, -0.15) is 0 Å². The number of methoxy groups -OCH3 is 1. The van der Waals surface area contributed by atoms with Gasteiger partial charge in [-0.1, -0.05) is 0 Å². The summed E-state index contributed by atoms with van der Waals surface area (Å²) in [6.07, 6.45) is 1.71. The maximum Gasteiger partial charge on any atom is 0.312 e. The molecule has 3 N–H and O–H groups in total. The van der Waals surface area contributed by atoms with E-state index in [4.69, 9.17) is 10.5 Å². The molecule has 0 aromatic carbocycles. The van der Waals surface area contributed by atoms with Crippen LogP contribution in [0.15, 0.2) is 0 Å². The number of hydrogen-bond donors (Lipinski definition) is 2. The van der Waals surface area contributed by atoms with E-state index in [1.807, 2.05) is 6.92 Å². The molecule has 2 amide bonds. The van der Waals surface area contributed by atoms with Gasteiger partial charge in [0.25, 0.3) is 0 Å². The number of nitrogens with two attached hydrogens (primary N) is 1. The molecule has 0 radical (unpaired) electrons. The Labute approximate surface area is 66.1 Å². The van der Waals surface area contributed by atoms with Crippen molar-refractivity contribution < 1.29 is 9.53 Å². The van der Waals surface area contributed by atoms with Crippen LogP contribution in [0.3, 0.4) is 0 Å². The second-order valence-electron chi connectivity index (χ2n) is 3.27. The van der Waals surface area contributed by atoms with Crippen LogP contribution < -0.4 is 11.1 Å². The van der Waals surface area contributed by atoms with Gasteiger partial charge in [-0.25, -0.2) is 4.79 Å². The third-order valence-electron chi connectivity index (χ3n) is 2.20. The first-order chi connectivity index (χ1) is 5.06. The van der Waals surface area contributed by atoms with Crippen LogP contribution in [0.2, 0.25) is 0 Å². The lowest BCUT2D eigenvalue weighted by Gasteiger charge is -2.43. The van der Waals surface area contributed by atoms with E-state index in [9.17, 15) is 4.79 Å². The van der Waals surface area contributed by atoms with Crippen molar-refractivity contribution in [1.82, 2.24) is 5.32 Å². The summed E-state index contributed by atoms with van der Waals surface area (Å²) >= 11 is 0. The molecule has 0 aliphatic heterocycles. The summed E-state index contributed by atoms with van der Waals surface area (Å²) < 4.78 is 5.19. The average Bonchev–Trinajstić information content (AvgIpc) is 1.83. The monoisotopic (exact) mass is 158 g/mol. The summed E-state index contributed by atoms with van der Waals surface area (Å²) in [5.41, 5.74) is 4.89. The maximum atomic E-state index is 10.4. The Hall–Kier alpha value is -0.770. The van der Waals surface area contributed by atoms with E-state index in [-0.39, 0.29) is 11.6 Å². The third-order valence-corrected chi connectivity index (χ3v) is 2.20. The minimum atomic E-state index is -0.451. The van der Waals surface area contributed by atoms with Crippen molar-refractivity contribution >= 4 is 6.03 Å². The summed E-state index contributed by atoms with van der Waals surface area (Å²) in [5.74, 6) is 0. The first kappa shape index (κ1) is 8.33. The van der Waals surface area contributed by atoms with Crippen molar-refractivity contribution in [3.8, 4) is 0 Å². The summed E-state index contributed by atoms with van der Waals surface area (Å²) in [7, 11) is 1.68. The zero-order valence-electron chi connectivity index (χ0n) is 6.89. The summed E-state index contributed by atoms with van der Waals surface area (Å²) in [5, 5.41) is 2.63. The number of nitrogens with one attached hydrogen (secondary N) is 1. The van der Waals surface area contributed by atoms with Gasteiger partial charge in [0.2, 0.25) is 0 Å². The largest absolute Gasteiger partial charge is 0.378 e. The van der Waals surface area contributed by atoms with E-state index >= 15 is 0 Å². The lowest BCUT2D eigenvalue weighted by molar-refractivity contribution is -0.0718. The highest BCUT2D eigenvalue weighted by molar-refractivity contribution is 5.72. The van der Waals surface area contributed by atoms with Crippen molar-refractivity contribution in [3.05, 3.63) is 0 Å². The second kappa shape index (κ2) is 2.70. The Balaban J connectivity index is 2.23. The summed E-state index contributed by atoms with van der Waals surface area (Å²) in [6.45, 7) is 2.02. The predicted molar refractivity (Wildman–Crippen MR) is 41.2 cm³/mol. The van der Waals surface area contributed by atoms with Gasteiger partial charge in [0.1, 0.15) is 0 Å². The smallest absolute Gasteiger partial charge is 0.312 e. The predicted octanol–water partition coefficient (Wildman–Crippen LogP) is 0.222. The Morgan fingerprint density at radius 2 is 2.27 bits per heavy atom. The van der Waals surface area contributed by atoms with Crippen LogP contribution in [0.1, 0.15) is 19.8 Å². The summed E-state index contributed by atoms with van der Waals surface area (Å²) in [4.78, 5) is 10.4. The van der Waals surface area contributed by atoms with Crippen molar-refractivity contribution in [3.63, 3.8) is 0 Å². The van der Waals surface area contributed by atoms with Crippen LogP contribution in [-0.2, 0) is 4.74 Å². The zero-order valence-corrected chi connectivity index (χ0v) is 6.89. The third kappa shape index (κ3) is 1.83. The molecule has 0 unspecified atom stereocenters. The Morgan fingerprint density at radius 1 is 1.73 bits per heavy atom. The highest BCUT2D eigenvalue weighted by atomic mass is 16.5. The molecular formula is C7H14N2O2. The lowest BCUT2D eigenvalue weighted by Crippen LogP contribution is -2.55. The van der Waals surface area contributed by atoms with E-state index in [0.717, 1.165) is 12.8 Å². The number of rotatable bonds is 2. The molecule has 0 aromatic rings. The number of amides is 2. The van der Waals surface area contributed by atoms with Crippen molar-refractivity contribution in [2.24, 2.45) is 5.73 Å². The molecule has 1 saturated carbocycles. The molecule has 1 aliphatic rings. The van der Waals surface area contributed by atoms with Crippen molar-refractivity contribution in [2.45, 2.75) is 31.4 Å². The highest BCUT2D eigenvalue weighted by Gasteiger charge is 2.40. The van der Waals surface area contributed by atoms with Crippen molar-refractivity contribution in [2.75, 3.05) is 7.11 Å². The van der Waals surface area contributed by atoms with E-state index in [1.165, 1.54) is 0 Å². The molecule has 1 aliphatic carbocycles. The van der Waals surface area contributed by atoms with E-state index in [1.54, 1.807) is 7.11 Å². The summed E-state index contributed by atoms with van der Waals surface area (Å²) in [6, 6.07) is -0.245. The van der Waals surface area contributed by atoms with Gasteiger partial charge in [0, 0.05) is 13.2 Å². The van der Waals surface area contributed by atoms with Gasteiger partial charge in [-0.05, 0) is 19.8 Å². The minimum absolute atomic E-state index is 0.0485. The fourth-order valence-electron chi connectivity index (χ4n) is 1.45. The van der Waals surface area contributed by atoms with E-state index in [2.05, 4.69) is 5.32 Å². The van der Waals surface area contributed by atoms with Crippen LogP contribution in [-0.4, -0.2) is 24.8 Å². The van der Waals surface area contributed by atoms with E-state index < -0.39 is 6.03 Å². The zero-order chi connectivity index (χ0) is 8.48. The van der Waals surface area contributed by atoms with E-state index in [0.29, 0.717) is 0 Å². The van der Waals surface area contributed by atoms with Crippen LogP contribution in [0.25, 0.3) is 0 Å². The molecule has 0 atom stereocenters.